The summed E-state index contributed by atoms with van der Waals surface area (Å²) in [5, 5.41) is 32.9. The van der Waals surface area contributed by atoms with E-state index in [1.165, 1.54) is 12.1 Å². The second-order valence-electron chi connectivity index (χ2n) is 7.91. The van der Waals surface area contributed by atoms with Crippen molar-refractivity contribution in [1.29, 1.82) is 0 Å². The number of benzene rings is 1. The van der Waals surface area contributed by atoms with Gasteiger partial charge in [0.2, 0.25) is 0 Å². The summed E-state index contributed by atoms with van der Waals surface area (Å²) in [6.07, 6.45) is 6.78. The predicted octanol–water partition coefficient (Wildman–Crippen LogP) is -1.50. The molecule has 0 saturated heterocycles. The van der Waals surface area contributed by atoms with Crippen molar-refractivity contribution in [3.8, 4) is 11.1 Å². The summed E-state index contributed by atoms with van der Waals surface area (Å²) in [5.74, 6) is -1.66. The van der Waals surface area contributed by atoms with E-state index in [0.717, 1.165) is 40.2 Å². The number of rotatable bonds is 8. The van der Waals surface area contributed by atoms with Crippen LogP contribution < -0.4 is 45.2 Å². The number of aliphatic carboxylic acids is 1. The monoisotopic (exact) mass is 435 g/mol. The second-order valence-corrected chi connectivity index (χ2v) is 7.91. The Morgan fingerprint density at radius 1 is 1.19 bits per heavy atom. The largest absolute Gasteiger partial charge is 1.00 e. The Balaban J connectivity index is 0.00000341. The van der Waals surface area contributed by atoms with Crippen LogP contribution in [0.25, 0.3) is 29.4 Å². The first-order valence-electron chi connectivity index (χ1n) is 10.2. The van der Waals surface area contributed by atoms with Gasteiger partial charge in [-0.1, -0.05) is 30.4 Å². The van der Waals surface area contributed by atoms with Gasteiger partial charge >= 0.3 is 29.6 Å². The number of carboxylic acids is 1. The minimum atomic E-state index is -1.36. The molecule has 2 atom stereocenters. The fraction of sp³-hybridized carbons (Fsp3) is 0.375. The normalized spacial score (nSPS) is 15.0. The van der Waals surface area contributed by atoms with Crippen molar-refractivity contribution in [2.45, 2.75) is 57.8 Å². The SMILES string of the molecule is CC(C)n1c(/C=C/[C@H](O)C[C@H](O)CC(=O)[O-])c(-c2ccc(F)cc2)c2c1=CCCC=2.[Na+]. The van der Waals surface area contributed by atoms with Crippen molar-refractivity contribution >= 4 is 24.2 Å². The van der Waals surface area contributed by atoms with E-state index < -0.39 is 24.6 Å². The first-order valence-corrected chi connectivity index (χ1v) is 10.2. The minimum absolute atomic E-state index is 0. The molecule has 5 nitrogen and oxygen atoms in total. The maximum Gasteiger partial charge on any atom is 1.00 e. The Hall–Kier alpha value is -1.70. The van der Waals surface area contributed by atoms with Gasteiger partial charge in [0.15, 0.2) is 0 Å². The number of hydrogen-bond acceptors (Lipinski definition) is 4. The number of carbonyl (C=O) groups is 1. The topological polar surface area (TPSA) is 85.5 Å². The molecule has 0 fully saturated rings. The summed E-state index contributed by atoms with van der Waals surface area (Å²) in [5.41, 5.74) is 2.72. The summed E-state index contributed by atoms with van der Waals surface area (Å²) >= 11 is 0. The molecular weight excluding hydrogens is 408 g/mol. The molecule has 1 aromatic carbocycles. The first-order chi connectivity index (χ1) is 14.3. The van der Waals surface area contributed by atoms with E-state index in [9.17, 15) is 24.5 Å². The van der Waals surface area contributed by atoms with Crippen molar-refractivity contribution in [3.05, 3.63) is 52.4 Å². The van der Waals surface area contributed by atoms with Crippen molar-refractivity contribution in [1.82, 2.24) is 4.57 Å². The Bertz CT molecular complexity index is 1060. The zero-order valence-corrected chi connectivity index (χ0v) is 20.2. The number of aliphatic hydroxyl groups excluding tert-OH is 2. The predicted molar refractivity (Wildman–Crippen MR) is 113 cm³/mol. The molecule has 2 aromatic rings. The third kappa shape index (κ3) is 6.18. The van der Waals surface area contributed by atoms with Gasteiger partial charge in [-0.2, -0.15) is 0 Å². The number of aliphatic hydroxyl groups is 2. The number of aromatic nitrogens is 1. The van der Waals surface area contributed by atoms with Gasteiger partial charge in [0.25, 0.3) is 0 Å². The van der Waals surface area contributed by atoms with Crippen molar-refractivity contribution in [2.24, 2.45) is 0 Å². The molecule has 0 spiro atoms. The van der Waals surface area contributed by atoms with Gasteiger partial charge in [-0.15, -0.1) is 0 Å². The molecule has 0 bridgehead atoms. The summed E-state index contributed by atoms with van der Waals surface area (Å²) in [6, 6.07) is 6.50. The van der Waals surface area contributed by atoms with Crippen LogP contribution in [0, 0.1) is 5.82 Å². The van der Waals surface area contributed by atoms with Crippen LogP contribution in [0.3, 0.4) is 0 Å². The van der Waals surface area contributed by atoms with Crippen LogP contribution in [0.2, 0.25) is 0 Å². The van der Waals surface area contributed by atoms with Crippen molar-refractivity contribution < 1.29 is 54.1 Å². The van der Waals surface area contributed by atoms with Gasteiger partial charge in [-0.05, 0) is 50.5 Å². The maximum absolute atomic E-state index is 13.5. The van der Waals surface area contributed by atoms with E-state index in [1.54, 1.807) is 24.3 Å². The number of nitrogens with zero attached hydrogens (tertiary/aromatic N) is 1. The van der Waals surface area contributed by atoms with E-state index in [2.05, 4.69) is 30.6 Å². The fourth-order valence-electron chi connectivity index (χ4n) is 3.98. The number of halogens is 1. The Labute approximate surface area is 203 Å². The summed E-state index contributed by atoms with van der Waals surface area (Å²) in [4.78, 5) is 10.6. The Morgan fingerprint density at radius 3 is 2.45 bits per heavy atom. The van der Waals surface area contributed by atoms with Crippen LogP contribution in [0.4, 0.5) is 4.39 Å². The summed E-state index contributed by atoms with van der Waals surface area (Å²) < 4.78 is 15.7. The van der Waals surface area contributed by atoms with E-state index in [4.69, 9.17) is 0 Å². The number of fused-ring (bicyclic) bond motifs is 1. The van der Waals surface area contributed by atoms with Gasteiger partial charge < -0.3 is 24.7 Å². The molecule has 2 N–H and O–H groups in total. The molecule has 7 heteroatoms. The van der Waals surface area contributed by atoms with Crippen LogP contribution >= 0.6 is 0 Å². The van der Waals surface area contributed by atoms with Gasteiger partial charge in [0.05, 0.1) is 12.2 Å². The molecule has 0 aliphatic heterocycles. The molecule has 0 saturated carbocycles. The number of carboxylic acid groups (broad SMARTS) is 1. The zero-order valence-electron chi connectivity index (χ0n) is 18.2. The molecule has 0 amide bonds. The quantitative estimate of drug-likeness (QED) is 0.495. The van der Waals surface area contributed by atoms with Crippen LogP contribution in [0.1, 0.15) is 51.3 Å². The molecule has 160 valence electrons. The van der Waals surface area contributed by atoms with E-state index in [-0.39, 0.29) is 47.8 Å². The van der Waals surface area contributed by atoms with E-state index >= 15 is 0 Å². The molecule has 1 aliphatic carbocycles. The molecule has 0 radical (unpaired) electrons. The molecule has 0 unspecified atom stereocenters. The third-order valence-corrected chi connectivity index (χ3v) is 5.21. The average molecular weight is 435 g/mol. The Kier molecular flexibility index (Phi) is 9.28. The molecule has 31 heavy (non-hydrogen) atoms. The van der Waals surface area contributed by atoms with Crippen LogP contribution in [0.15, 0.2) is 30.3 Å². The molecule has 1 aromatic heterocycles. The standard InChI is InChI=1S/C24H28FNO4.Na/c1-15(2)26-21-6-4-3-5-20(21)24(16-7-9-17(25)10-8-16)22(26)12-11-18(27)13-19(28)14-23(29)30;/h5-12,15,18-19,27-28H,3-4,13-14H2,1-2H3,(H,29,30);/q;+1/p-1/b12-11+;/t18-,19-;/m0./s1. The summed E-state index contributed by atoms with van der Waals surface area (Å²) in [7, 11) is 0. The van der Waals surface area contributed by atoms with E-state index in [1.807, 2.05) is 0 Å². The van der Waals surface area contributed by atoms with Crippen LogP contribution in [-0.2, 0) is 4.79 Å². The third-order valence-electron chi connectivity index (χ3n) is 5.21. The fourth-order valence-corrected chi connectivity index (χ4v) is 3.98. The second kappa shape index (κ2) is 11.2. The van der Waals surface area contributed by atoms with Gasteiger partial charge in [0.1, 0.15) is 5.82 Å². The maximum atomic E-state index is 13.5. The average Bonchev–Trinajstić information content (AvgIpc) is 3.00. The number of hydrogen-bond donors (Lipinski definition) is 2. The molecular formula is C24H27FNNaO4. The molecule has 1 aliphatic rings. The Morgan fingerprint density at radius 2 is 1.84 bits per heavy atom. The zero-order chi connectivity index (χ0) is 21.8. The van der Waals surface area contributed by atoms with Gasteiger partial charge in [-0.3, -0.25) is 0 Å². The van der Waals surface area contributed by atoms with Crippen LogP contribution in [-0.4, -0.2) is 33.0 Å². The molecule has 1 heterocycles. The van der Waals surface area contributed by atoms with Gasteiger partial charge in [0, 0.05) is 46.7 Å². The smallest absolute Gasteiger partial charge is 0.550 e. The van der Waals surface area contributed by atoms with Crippen LogP contribution in [0.5, 0.6) is 0 Å². The first kappa shape index (κ1) is 25.6. The van der Waals surface area contributed by atoms with Gasteiger partial charge in [-0.25, -0.2) is 4.39 Å². The minimum Gasteiger partial charge on any atom is -0.550 e. The molecule has 3 rings (SSSR count). The van der Waals surface area contributed by atoms with Crippen molar-refractivity contribution in [2.75, 3.05) is 0 Å². The van der Waals surface area contributed by atoms with Crippen molar-refractivity contribution in [3.63, 3.8) is 0 Å². The van der Waals surface area contributed by atoms with E-state index in [0.29, 0.717) is 0 Å². The summed E-state index contributed by atoms with van der Waals surface area (Å²) in [6.45, 7) is 4.16. The number of carbonyl (C=O) groups excluding carboxylic acids is 1.